The Bertz CT molecular complexity index is 371. The Morgan fingerprint density at radius 3 is 2.53 bits per heavy atom. The highest BCUT2D eigenvalue weighted by Gasteiger charge is 2.61. The van der Waals surface area contributed by atoms with E-state index in [1.165, 1.54) is 12.8 Å². The van der Waals surface area contributed by atoms with Crippen LogP contribution in [0, 0.1) is 28.6 Å². The summed E-state index contributed by atoms with van der Waals surface area (Å²) in [6.45, 7) is 7.16. The molecule has 3 aliphatic rings. The molecule has 0 amide bonds. The molecule has 2 fully saturated rings. The average Bonchev–Trinajstić information content (AvgIpc) is 2.51. The second-order valence-corrected chi connectivity index (χ2v) is 7.50. The van der Waals surface area contributed by atoms with E-state index in [9.17, 15) is 10.2 Å². The van der Waals surface area contributed by atoms with Gasteiger partial charge >= 0.3 is 0 Å². The van der Waals surface area contributed by atoms with Crippen molar-refractivity contribution >= 4 is 0 Å². The molecule has 2 saturated carbocycles. The fourth-order valence-electron chi connectivity index (χ4n) is 5.06. The number of hydrogen-bond donors (Lipinski definition) is 2. The molecule has 0 aromatic carbocycles. The van der Waals surface area contributed by atoms with Crippen LogP contribution in [0.3, 0.4) is 0 Å². The molecular weight excluding hydrogens is 212 g/mol. The molecule has 0 heterocycles. The fraction of sp³-hybridized carbons (Fsp3) is 0.867. The third-order valence-corrected chi connectivity index (χ3v) is 5.68. The van der Waals surface area contributed by atoms with Gasteiger partial charge in [0.25, 0.3) is 0 Å². The van der Waals surface area contributed by atoms with Gasteiger partial charge in [0, 0.05) is 5.92 Å². The van der Waals surface area contributed by atoms with Crippen molar-refractivity contribution < 1.29 is 10.2 Å². The summed E-state index contributed by atoms with van der Waals surface area (Å²) < 4.78 is 0. The van der Waals surface area contributed by atoms with Crippen LogP contribution in [0.1, 0.15) is 40.0 Å². The van der Waals surface area contributed by atoms with Crippen molar-refractivity contribution in [2.24, 2.45) is 28.6 Å². The molecule has 2 nitrogen and oxygen atoms in total. The van der Waals surface area contributed by atoms with E-state index in [0.717, 1.165) is 12.0 Å². The Morgan fingerprint density at radius 1 is 1.24 bits per heavy atom. The third kappa shape index (κ3) is 1.47. The summed E-state index contributed by atoms with van der Waals surface area (Å²) in [5, 5.41) is 19.5. The average molecular weight is 236 g/mol. The molecule has 2 N–H and O–H groups in total. The first-order chi connectivity index (χ1) is 7.87. The second kappa shape index (κ2) is 3.36. The molecule has 0 saturated heterocycles. The smallest absolute Gasteiger partial charge is 0.0645 e. The Labute approximate surface area is 104 Å². The maximum absolute atomic E-state index is 10.0. The van der Waals surface area contributed by atoms with Crippen LogP contribution in [0.5, 0.6) is 0 Å². The highest BCUT2D eigenvalue weighted by molar-refractivity contribution is 5.28. The molecule has 2 heteroatoms. The minimum atomic E-state index is -0.219. The van der Waals surface area contributed by atoms with Crippen LogP contribution in [-0.2, 0) is 0 Å². The first kappa shape index (κ1) is 11.7. The molecule has 0 aliphatic heterocycles. The molecule has 3 rings (SSSR count). The topological polar surface area (TPSA) is 40.5 Å². The quantitative estimate of drug-likeness (QED) is 0.686. The monoisotopic (exact) mass is 236 g/mol. The minimum Gasteiger partial charge on any atom is -0.392 e. The summed E-state index contributed by atoms with van der Waals surface area (Å²) in [7, 11) is 0. The molecule has 0 bridgehead atoms. The molecule has 5 atom stereocenters. The van der Waals surface area contributed by atoms with Crippen LogP contribution in [0.2, 0.25) is 0 Å². The van der Waals surface area contributed by atoms with Gasteiger partial charge < -0.3 is 10.2 Å². The van der Waals surface area contributed by atoms with Crippen LogP contribution < -0.4 is 0 Å². The lowest BCUT2D eigenvalue weighted by atomic mass is 9.47. The fourth-order valence-corrected chi connectivity index (χ4v) is 5.06. The van der Waals surface area contributed by atoms with E-state index in [1.807, 2.05) is 0 Å². The summed E-state index contributed by atoms with van der Waals surface area (Å²) in [5.74, 6) is 1.56. The maximum atomic E-state index is 10.0. The normalized spacial score (nSPS) is 51.2. The summed E-state index contributed by atoms with van der Waals surface area (Å²) in [6.07, 6.45) is 5.50. The third-order valence-electron chi connectivity index (χ3n) is 5.68. The van der Waals surface area contributed by atoms with E-state index in [2.05, 4.69) is 26.8 Å². The van der Waals surface area contributed by atoms with E-state index in [0.29, 0.717) is 17.3 Å². The van der Waals surface area contributed by atoms with Crippen LogP contribution in [-0.4, -0.2) is 22.9 Å². The largest absolute Gasteiger partial charge is 0.392 e. The van der Waals surface area contributed by atoms with E-state index in [1.54, 1.807) is 0 Å². The number of allylic oxidation sites excluding steroid dienone is 1. The lowest BCUT2D eigenvalue weighted by molar-refractivity contribution is -0.128. The van der Waals surface area contributed by atoms with Gasteiger partial charge in [-0.2, -0.15) is 0 Å². The van der Waals surface area contributed by atoms with Crippen LogP contribution >= 0.6 is 0 Å². The zero-order valence-corrected chi connectivity index (χ0v) is 11.1. The highest BCUT2D eigenvalue weighted by Crippen LogP contribution is 2.66. The predicted molar refractivity (Wildman–Crippen MR) is 67.4 cm³/mol. The first-order valence-electron chi connectivity index (χ1n) is 6.87. The molecule has 96 valence electrons. The first-order valence-corrected chi connectivity index (χ1v) is 6.87. The van der Waals surface area contributed by atoms with Gasteiger partial charge in [-0.1, -0.05) is 26.8 Å². The van der Waals surface area contributed by atoms with E-state index >= 15 is 0 Å². The second-order valence-electron chi connectivity index (χ2n) is 7.50. The van der Waals surface area contributed by atoms with Crippen molar-refractivity contribution in [3.63, 3.8) is 0 Å². The molecule has 17 heavy (non-hydrogen) atoms. The van der Waals surface area contributed by atoms with Crippen molar-refractivity contribution in [1.82, 2.24) is 0 Å². The van der Waals surface area contributed by atoms with Gasteiger partial charge in [0.1, 0.15) is 0 Å². The van der Waals surface area contributed by atoms with E-state index < -0.39 is 0 Å². The molecule has 0 unspecified atom stereocenters. The van der Waals surface area contributed by atoms with E-state index in [-0.39, 0.29) is 24.0 Å². The standard InChI is InChI=1S/C15H24O2/c1-14(2)5-9-4-10(8-16)13-12(17)7-15(13,3)11(9)6-14/h4,9,11-13,16-17H,5-8H2,1-3H3/t9-,11+,12-,13-,15-/m1/s1. The molecule has 3 aliphatic carbocycles. The summed E-state index contributed by atoms with van der Waals surface area (Å²) in [5.41, 5.74) is 1.76. The zero-order chi connectivity index (χ0) is 12.4. The van der Waals surface area contributed by atoms with Gasteiger partial charge in [-0.25, -0.2) is 0 Å². The molecular formula is C15H24O2. The summed E-state index contributed by atoms with van der Waals surface area (Å²) in [4.78, 5) is 0. The van der Waals surface area contributed by atoms with Crippen molar-refractivity contribution in [3.05, 3.63) is 11.6 Å². The lowest BCUT2D eigenvalue weighted by Gasteiger charge is -2.59. The summed E-state index contributed by atoms with van der Waals surface area (Å²) >= 11 is 0. The SMILES string of the molecule is CC1(C)C[C@H]2C=C(CO)[C@@H]3[C@H](O)C[C@]3(C)[C@H]2C1. The van der Waals surface area contributed by atoms with Gasteiger partial charge in [-0.05, 0) is 47.5 Å². The van der Waals surface area contributed by atoms with Crippen molar-refractivity contribution in [2.75, 3.05) is 6.61 Å². The van der Waals surface area contributed by atoms with Gasteiger partial charge in [0.15, 0.2) is 0 Å². The Balaban J connectivity index is 1.98. The zero-order valence-electron chi connectivity index (χ0n) is 11.1. The van der Waals surface area contributed by atoms with Gasteiger partial charge in [-0.15, -0.1) is 0 Å². The minimum absolute atomic E-state index is 0.126. The summed E-state index contributed by atoms with van der Waals surface area (Å²) in [6, 6.07) is 0. The number of aliphatic hydroxyl groups excluding tert-OH is 2. The number of aliphatic hydroxyl groups is 2. The number of fused-ring (bicyclic) bond motifs is 3. The molecule has 0 spiro atoms. The number of hydrogen-bond acceptors (Lipinski definition) is 2. The Hall–Kier alpha value is -0.340. The lowest BCUT2D eigenvalue weighted by Crippen LogP contribution is -2.57. The van der Waals surface area contributed by atoms with Crippen LogP contribution in [0.25, 0.3) is 0 Å². The van der Waals surface area contributed by atoms with Crippen molar-refractivity contribution in [3.8, 4) is 0 Å². The van der Waals surface area contributed by atoms with Crippen LogP contribution in [0.15, 0.2) is 11.6 Å². The molecule has 0 aromatic heterocycles. The van der Waals surface area contributed by atoms with Gasteiger partial charge in [-0.3, -0.25) is 0 Å². The van der Waals surface area contributed by atoms with Gasteiger partial charge in [0.2, 0.25) is 0 Å². The van der Waals surface area contributed by atoms with Gasteiger partial charge in [0.05, 0.1) is 12.7 Å². The van der Waals surface area contributed by atoms with E-state index in [4.69, 9.17) is 0 Å². The highest BCUT2D eigenvalue weighted by atomic mass is 16.3. The number of rotatable bonds is 1. The van der Waals surface area contributed by atoms with Crippen LogP contribution in [0.4, 0.5) is 0 Å². The maximum Gasteiger partial charge on any atom is 0.0645 e. The van der Waals surface area contributed by atoms with Crippen molar-refractivity contribution in [2.45, 2.75) is 46.1 Å². The predicted octanol–water partition coefficient (Wildman–Crippen LogP) is 2.36. The molecule has 0 aromatic rings. The Morgan fingerprint density at radius 2 is 1.94 bits per heavy atom. The Kier molecular flexibility index (Phi) is 2.32. The van der Waals surface area contributed by atoms with Crippen molar-refractivity contribution in [1.29, 1.82) is 0 Å². The molecule has 0 radical (unpaired) electrons.